The molecule has 0 atom stereocenters. The molecule has 220 valence electrons. The third-order valence-corrected chi connectivity index (χ3v) is 7.71. The van der Waals surface area contributed by atoms with Crippen molar-refractivity contribution in [1.29, 1.82) is 0 Å². The Bertz CT molecular complexity index is 1340. The lowest BCUT2D eigenvalue weighted by atomic mass is 10.1. The maximum absolute atomic E-state index is 13.4. The summed E-state index contributed by atoms with van der Waals surface area (Å²) in [5.41, 5.74) is 3.74. The monoisotopic (exact) mass is 569 g/mol. The zero-order valence-electron chi connectivity index (χ0n) is 24.0. The van der Waals surface area contributed by atoms with E-state index < -0.39 is 6.09 Å². The summed E-state index contributed by atoms with van der Waals surface area (Å²) < 4.78 is 5.51. The Labute approximate surface area is 247 Å². The minimum Gasteiger partial charge on any atom is -0.444 e. The Hall–Kier alpha value is -4.37. The highest BCUT2D eigenvalue weighted by molar-refractivity contribution is 5.98. The van der Waals surface area contributed by atoms with Gasteiger partial charge in [0.15, 0.2) is 0 Å². The van der Waals surface area contributed by atoms with Crippen LogP contribution in [-0.4, -0.2) is 80.1 Å². The summed E-state index contributed by atoms with van der Waals surface area (Å²) in [6.07, 6.45) is 1.48. The van der Waals surface area contributed by atoms with E-state index in [1.807, 2.05) is 82.6 Å². The van der Waals surface area contributed by atoms with Gasteiger partial charge in [-0.05, 0) is 48.7 Å². The van der Waals surface area contributed by atoms with Crippen LogP contribution in [0.5, 0.6) is 0 Å². The summed E-state index contributed by atoms with van der Waals surface area (Å²) in [6, 6.07) is 24.8. The lowest BCUT2D eigenvalue weighted by molar-refractivity contribution is -0.130. The van der Waals surface area contributed by atoms with Crippen molar-refractivity contribution in [3.8, 4) is 0 Å². The molecule has 2 saturated heterocycles. The number of hydrogen-bond donors (Lipinski definition) is 2. The Kier molecular flexibility index (Phi) is 10.1. The van der Waals surface area contributed by atoms with Crippen molar-refractivity contribution < 1.29 is 19.1 Å². The Balaban J connectivity index is 1.31. The van der Waals surface area contributed by atoms with E-state index in [2.05, 4.69) is 15.5 Å². The third-order valence-electron chi connectivity index (χ3n) is 7.71. The third kappa shape index (κ3) is 7.88. The Morgan fingerprint density at radius 3 is 2.26 bits per heavy atom. The van der Waals surface area contributed by atoms with E-state index in [0.29, 0.717) is 56.9 Å². The topological polar surface area (TPSA) is 94.2 Å². The smallest absolute Gasteiger partial charge is 0.412 e. The summed E-state index contributed by atoms with van der Waals surface area (Å²) >= 11 is 0. The minimum absolute atomic E-state index is 0.0560. The van der Waals surface area contributed by atoms with Crippen LogP contribution in [-0.2, 0) is 22.6 Å². The number of anilines is 2. The number of ether oxygens (including phenoxy) is 1. The molecular weight excluding hydrogens is 530 g/mol. The average Bonchev–Trinajstić information content (AvgIpc) is 3.45. The van der Waals surface area contributed by atoms with E-state index >= 15 is 0 Å². The second kappa shape index (κ2) is 14.5. The first-order chi connectivity index (χ1) is 20.6. The van der Waals surface area contributed by atoms with Crippen molar-refractivity contribution in [2.24, 2.45) is 0 Å². The molecule has 0 aromatic heterocycles. The standard InChI is InChI=1S/C33H39N5O4/c39-31(23-26-9-3-1-4-10-26)37-19-8-18-36(21-22-37)30-14-13-28(32(40)38-17-7-15-34-16-20-38)24-29(30)35-33(41)42-25-27-11-5-2-6-12-27/h1-6,9-14,24,34H,7-8,15-23,25H2,(H,35,41). The van der Waals surface area contributed by atoms with E-state index in [9.17, 15) is 14.4 Å². The van der Waals surface area contributed by atoms with Gasteiger partial charge in [0, 0.05) is 51.4 Å². The van der Waals surface area contributed by atoms with E-state index in [1.165, 1.54) is 0 Å². The highest BCUT2D eigenvalue weighted by Crippen LogP contribution is 2.29. The van der Waals surface area contributed by atoms with Gasteiger partial charge in [0.25, 0.3) is 5.91 Å². The predicted molar refractivity (Wildman–Crippen MR) is 164 cm³/mol. The highest BCUT2D eigenvalue weighted by atomic mass is 16.5. The van der Waals surface area contributed by atoms with Crippen molar-refractivity contribution in [3.63, 3.8) is 0 Å². The number of amides is 3. The fourth-order valence-electron chi connectivity index (χ4n) is 5.44. The fourth-order valence-corrected chi connectivity index (χ4v) is 5.44. The average molecular weight is 570 g/mol. The zero-order valence-corrected chi connectivity index (χ0v) is 24.0. The van der Waals surface area contributed by atoms with Gasteiger partial charge in [-0.25, -0.2) is 4.79 Å². The summed E-state index contributed by atoms with van der Waals surface area (Å²) in [5, 5.41) is 6.24. The lowest BCUT2D eigenvalue weighted by Gasteiger charge is -2.27. The first kappa shape index (κ1) is 29.1. The van der Waals surface area contributed by atoms with Crippen LogP contribution in [0.4, 0.5) is 16.2 Å². The van der Waals surface area contributed by atoms with Gasteiger partial charge in [0.2, 0.25) is 5.91 Å². The second-order valence-corrected chi connectivity index (χ2v) is 10.7. The molecule has 9 nitrogen and oxygen atoms in total. The fraction of sp³-hybridized carbons (Fsp3) is 0.364. The summed E-state index contributed by atoms with van der Waals surface area (Å²) in [7, 11) is 0. The molecule has 0 radical (unpaired) electrons. The summed E-state index contributed by atoms with van der Waals surface area (Å²) in [4.78, 5) is 45.3. The van der Waals surface area contributed by atoms with Crippen LogP contribution >= 0.6 is 0 Å². The summed E-state index contributed by atoms with van der Waals surface area (Å²) in [5.74, 6) is 0.0540. The van der Waals surface area contributed by atoms with Crippen LogP contribution in [0.15, 0.2) is 78.9 Å². The molecule has 3 aromatic rings. The van der Waals surface area contributed by atoms with Crippen LogP contribution in [0.1, 0.15) is 34.3 Å². The van der Waals surface area contributed by atoms with Crippen molar-refractivity contribution in [2.45, 2.75) is 25.9 Å². The maximum atomic E-state index is 13.4. The molecule has 0 spiro atoms. The summed E-state index contributed by atoms with van der Waals surface area (Å²) in [6.45, 7) is 5.69. The number of nitrogens with one attached hydrogen (secondary N) is 2. The normalized spacial score (nSPS) is 15.9. The van der Waals surface area contributed by atoms with Crippen molar-refractivity contribution >= 4 is 29.3 Å². The molecule has 2 aliphatic heterocycles. The number of benzene rings is 3. The Morgan fingerprint density at radius 2 is 1.48 bits per heavy atom. The maximum Gasteiger partial charge on any atom is 0.412 e. The first-order valence-electron chi connectivity index (χ1n) is 14.8. The molecule has 0 aliphatic carbocycles. The van der Waals surface area contributed by atoms with E-state index in [0.717, 1.165) is 42.7 Å². The van der Waals surface area contributed by atoms with Crippen LogP contribution in [0, 0.1) is 0 Å². The van der Waals surface area contributed by atoms with E-state index in [-0.39, 0.29) is 18.4 Å². The van der Waals surface area contributed by atoms with Crippen molar-refractivity contribution in [1.82, 2.24) is 15.1 Å². The molecular formula is C33H39N5O4. The molecule has 2 heterocycles. The predicted octanol–water partition coefficient (Wildman–Crippen LogP) is 4.15. The van der Waals surface area contributed by atoms with Gasteiger partial charge in [-0.15, -0.1) is 0 Å². The molecule has 0 bridgehead atoms. The number of carbonyl (C=O) groups excluding carboxylic acids is 3. The van der Waals surface area contributed by atoms with Crippen molar-refractivity contribution in [2.75, 3.05) is 62.6 Å². The van der Waals surface area contributed by atoms with Crippen LogP contribution in [0.2, 0.25) is 0 Å². The number of nitrogens with zero attached hydrogens (tertiary/aromatic N) is 3. The van der Waals surface area contributed by atoms with Gasteiger partial charge in [0.1, 0.15) is 6.61 Å². The Morgan fingerprint density at radius 1 is 0.738 bits per heavy atom. The van der Waals surface area contributed by atoms with Crippen LogP contribution in [0.3, 0.4) is 0 Å². The van der Waals surface area contributed by atoms with Gasteiger partial charge < -0.3 is 24.8 Å². The van der Waals surface area contributed by atoms with Crippen molar-refractivity contribution in [3.05, 3.63) is 95.6 Å². The zero-order chi connectivity index (χ0) is 29.1. The van der Waals surface area contributed by atoms with Gasteiger partial charge in [-0.2, -0.15) is 0 Å². The van der Waals surface area contributed by atoms with E-state index in [1.54, 1.807) is 6.07 Å². The molecule has 9 heteroatoms. The molecule has 2 aliphatic rings. The highest BCUT2D eigenvalue weighted by Gasteiger charge is 2.24. The second-order valence-electron chi connectivity index (χ2n) is 10.7. The molecule has 3 amide bonds. The number of hydrogen-bond acceptors (Lipinski definition) is 6. The van der Waals surface area contributed by atoms with Gasteiger partial charge in [-0.1, -0.05) is 60.7 Å². The molecule has 42 heavy (non-hydrogen) atoms. The first-order valence-corrected chi connectivity index (χ1v) is 14.8. The molecule has 5 rings (SSSR count). The lowest BCUT2D eigenvalue weighted by Crippen LogP contribution is -2.36. The van der Waals surface area contributed by atoms with E-state index in [4.69, 9.17) is 4.74 Å². The van der Waals surface area contributed by atoms with Gasteiger partial charge >= 0.3 is 6.09 Å². The van der Waals surface area contributed by atoms with Gasteiger partial charge in [0.05, 0.1) is 17.8 Å². The quantitative estimate of drug-likeness (QED) is 0.444. The van der Waals surface area contributed by atoms with Crippen LogP contribution in [0.25, 0.3) is 0 Å². The molecule has 2 N–H and O–H groups in total. The van der Waals surface area contributed by atoms with Crippen LogP contribution < -0.4 is 15.5 Å². The number of carbonyl (C=O) groups is 3. The largest absolute Gasteiger partial charge is 0.444 e. The minimum atomic E-state index is -0.585. The van der Waals surface area contributed by atoms with Gasteiger partial charge in [-0.3, -0.25) is 14.9 Å². The molecule has 3 aromatic carbocycles. The molecule has 0 unspecified atom stereocenters. The molecule has 0 saturated carbocycles. The molecule has 2 fully saturated rings. The SMILES string of the molecule is O=C(Nc1cc(C(=O)N2CCCNCC2)ccc1N1CCCN(C(=O)Cc2ccccc2)CC1)OCc1ccccc1. The number of rotatable bonds is 7.